The summed E-state index contributed by atoms with van der Waals surface area (Å²) in [5, 5.41) is 6.58. The molecule has 3 fully saturated rings. The first-order chi connectivity index (χ1) is 13.6. The molecule has 5 unspecified atom stereocenters. The molecule has 0 aromatic carbocycles. The number of hydrogen-bond donors (Lipinski definition) is 2. The standard InChI is InChI=1S/C21H33N5O2.HI/c1-3-22-21(24-13-16-6-5-10-25(16)4-2)23-9-11-26-19(27)17-14-7-8-15(12-14)18(17)20(26)28;/h7-8,14-18H,3-6,9-13H2,1-2H3,(H2,22,23,24);1H. The lowest BCUT2D eigenvalue weighted by molar-refractivity contribution is -0.140. The van der Waals surface area contributed by atoms with Crippen LogP contribution in [0.4, 0.5) is 0 Å². The molecule has 2 amide bonds. The predicted octanol–water partition coefficient (Wildman–Crippen LogP) is 1.45. The maximum atomic E-state index is 12.7. The maximum absolute atomic E-state index is 12.7. The molecule has 162 valence electrons. The fourth-order valence-corrected chi connectivity index (χ4v) is 5.53. The maximum Gasteiger partial charge on any atom is 0.233 e. The Hall–Kier alpha value is -1.16. The zero-order valence-electron chi connectivity index (χ0n) is 17.5. The number of nitrogens with zero attached hydrogens (tertiary/aromatic N) is 3. The molecule has 29 heavy (non-hydrogen) atoms. The van der Waals surface area contributed by atoms with Crippen LogP contribution in [0.15, 0.2) is 17.1 Å². The first kappa shape index (κ1) is 22.5. The second-order valence-corrected chi connectivity index (χ2v) is 8.40. The molecule has 4 aliphatic rings. The molecule has 7 nitrogen and oxygen atoms in total. The van der Waals surface area contributed by atoms with Gasteiger partial charge in [-0.15, -0.1) is 24.0 Å². The number of imide groups is 1. The molecule has 1 saturated carbocycles. The Balaban J connectivity index is 0.00000240. The predicted molar refractivity (Wildman–Crippen MR) is 124 cm³/mol. The van der Waals surface area contributed by atoms with E-state index in [0.717, 1.165) is 32.0 Å². The van der Waals surface area contributed by atoms with Gasteiger partial charge in [0.15, 0.2) is 5.96 Å². The van der Waals surface area contributed by atoms with E-state index < -0.39 is 0 Å². The quantitative estimate of drug-likeness (QED) is 0.177. The molecular formula is C21H34IN5O2. The van der Waals surface area contributed by atoms with Crippen molar-refractivity contribution in [3.05, 3.63) is 12.2 Å². The minimum atomic E-state index is -0.105. The third kappa shape index (κ3) is 4.33. The van der Waals surface area contributed by atoms with Crippen LogP contribution in [0.3, 0.4) is 0 Å². The van der Waals surface area contributed by atoms with E-state index >= 15 is 0 Å². The monoisotopic (exact) mass is 515 g/mol. The lowest BCUT2D eigenvalue weighted by Gasteiger charge is -2.22. The van der Waals surface area contributed by atoms with E-state index in [-0.39, 0.29) is 59.5 Å². The number of aliphatic imine (C=N–C) groups is 1. The van der Waals surface area contributed by atoms with Gasteiger partial charge < -0.3 is 10.6 Å². The van der Waals surface area contributed by atoms with E-state index in [9.17, 15) is 9.59 Å². The van der Waals surface area contributed by atoms with Crippen molar-refractivity contribution in [3.63, 3.8) is 0 Å². The Morgan fingerprint density at radius 2 is 1.83 bits per heavy atom. The molecule has 8 heteroatoms. The van der Waals surface area contributed by atoms with Gasteiger partial charge in [0, 0.05) is 25.7 Å². The molecule has 0 aromatic rings. The number of rotatable bonds is 7. The first-order valence-electron chi connectivity index (χ1n) is 10.9. The summed E-state index contributed by atoms with van der Waals surface area (Å²) in [6.07, 6.45) is 7.70. The zero-order valence-corrected chi connectivity index (χ0v) is 19.8. The molecule has 2 saturated heterocycles. The van der Waals surface area contributed by atoms with Gasteiger partial charge in [-0.1, -0.05) is 19.1 Å². The van der Waals surface area contributed by atoms with Crippen molar-refractivity contribution in [2.24, 2.45) is 28.7 Å². The van der Waals surface area contributed by atoms with Crippen LogP contribution >= 0.6 is 24.0 Å². The molecule has 2 N–H and O–H groups in total. The highest BCUT2D eigenvalue weighted by atomic mass is 127. The Kier molecular flexibility index (Phi) is 7.58. The highest BCUT2D eigenvalue weighted by Gasteiger charge is 2.58. The van der Waals surface area contributed by atoms with Crippen molar-refractivity contribution in [2.45, 2.75) is 39.2 Å². The number of guanidine groups is 1. The molecular weight excluding hydrogens is 481 g/mol. The van der Waals surface area contributed by atoms with Crippen LogP contribution in [-0.2, 0) is 9.59 Å². The number of fused-ring (bicyclic) bond motifs is 5. The van der Waals surface area contributed by atoms with Gasteiger partial charge in [0.2, 0.25) is 11.8 Å². The van der Waals surface area contributed by atoms with Crippen LogP contribution in [0.1, 0.15) is 33.1 Å². The number of hydrogen-bond acceptors (Lipinski definition) is 4. The van der Waals surface area contributed by atoms with Crippen molar-refractivity contribution in [1.82, 2.24) is 20.4 Å². The molecule has 2 bridgehead atoms. The van der Waals surface area contributed by atoms with Crippen molar-refractivity contribution in [2.75, 3.05) is 39.3 Å². The third-order valence-electron chi connectivity index (χ3n) is 6.90. The van der Waals surface area contributed by atoms with Gasteiger partial charge in [-0.2, -0.15) is 0 Å². The second-order valence-electron chi connectivity index (χ2n) is 8.40. The number of nitrogens with one attached hydrogen (secondary N) is 2. The largest absolute Gasteiger partial charge is 0.357 e. The molecule has 0 radical (unpaired) electrons. The fourth-order valence-electron chi connectivity index (χ4n) is 5.53. The van der Waals surface area contributed by atoms with Crippen LogP contribution in [0, 0.1) is 23.7 Å². The van der Waals surface area contributed by atoms with Crippen LogP contribution in [0.2, 0.25) is 0 Å². The minimum Gasteiger partial charge on any atom is -0.357 e. The number of likely N-dealkylation sites (N-methyl/N-ethyl adjacent to an activating group) is 1. The normalized spacial score (nSPS) is 33.4. The molecule has 5 atom stereocenters. The summed E-state index contributed by atoms with van der Waals surface area (Å²) in [5.74, 6) is 1.16. The van der Waals surface area contributed by atoms with Gasteiger partial charge in [-0.3, -0.25) is 24.4 Å². The molecule has 0 spiro atoms. The number of halogens is 1. The summed E-state index contributed by atoms with van der Waals surface area (Å²) in [4.78, 5) is 34.2. The van der Waals surface area contributed by atoms with Gasteiger partial charge in [0.25, 0.3) is 0 Å². The molecule has 2 aliphatic heterocycles. The number of carbonyl (C=O) groups excluding carboxylic acids is 2. The van der Waals surface area contributed by atoms with Crippen LogP contribution in [0.5, 0.6) is 0 Å². The van der Waals surface area contributed by atoms with E-state index in [1.54, 1.807) is 0 Å². The van der Waals surface area contributed by atoms with Gasteiger partial charge in [0.1, 0.15) is 0 Å². The Bertz CT molecular complexity index is 652. The molecule has 2 aliphatic carbocycles. The van der Waals surface area contributed by atoms with E-state index in [0.29, 0.717) is 19.1 Å². The van der Waals surface area contributed by atoms with Crippen molar-refractivity contribution in [3.8, 4) is 0 Å². The Labute approximate surface area is 190 Å². The molecule has 0 aromatic heterocycles. The molecule has 2 heterocycles. The Morgan fingerprint density at radius 3 is 2.45 bits per heavy atom. The first-order valence-corrected chi connectivity index (χ1v) is 10.9. The summed E-state index contributed by atoms with van der Waals surface area (Å²) in [6.45, 7) is 9.00. The number of allylic oxidation sites excluding steroid dienone is 2. The highest BCUT2D eigenvalue weighted by Crippen LogP contribution is 2.52. The van der Waals surface area contributed by atoms with E-state index in [4.69, 9.17) is 4.99 Å². The SMILES string of the molecule is CCNC(=NCC1CCCN1CC)NCCN1C(=O)C2C3C=CC(C3)C2C1=O.I. The minimum absolute atomic E-state index is 0. The molecule has 4 rings (SSSR count). The summed E-state index contributed by atoms with van der Waals surface area (Å²) in [7, 11) is 0. The zero-order chi connectivity index (χ0) is 19.7. The van der Waals surface area contributed by atoms with E-state index in [1.807, 2.05) is 6.92 Å². The average Bonchev–Trinajstić information content (AvgIpc) is 3.46. The number of carbonyl (C=O) groups is 2. The van der Waals surface area contributed by atoms with Crippen molar-refractivity contribution in [1.29, 1.82) is 0 Å². The van der Waals surface area contributed by atoms with Gasteiger partial charge in [-0.25, -0.2) is 0 Å². The van der Waals surface area contributed by atoms with Crippen LogP contribution in [-0.4, -0.2) is 72.9 Å². The lowest BCUT2D eigenvalue weighted by atomic mass is 9.85. The second kappa shape index (κ2) is 9.76. The van der Waals surface area contributed by atoms with Crippen molar-refractivity contribution >= 4 is 41.8 Å². The Morgan fingerprint density at radius 1 is 1.14 bits per heavy atom. The van der Waals surface area contributed by atoms with Crippen LogP contribution in [0.25, 0.3) is 0 Å². The number of likely N-dealkylation sites (tertiary alicyclic amines) is 2. The van der Waals surface area contributed by atoms with Gasteiger partial charge in [0.05, 0.1) is 18.4 Å². The summed E-state index contributed by atoms with van der Waals surface area (Å²) in [5.41, 5.74) is 0. The fraction of sp³-hybridized carbons (Fsp3) is 0.762. The van der Waals surface area contributed by atoms with Gasteiger partial charge in [-0.05, 0) is 51.1 Å². The van der Waals surface area contributed by atoms with Gasteiger partial charge >= 0.3 is 0 Å². The third-order valence-corrected chi connectivity index (χ3v) is 6.90. The van der Waals surface area contributed by atoms with Crippen LogP contribution < -0.4 is 10.6 Å². The topological polar surface area (TPSA) is 77.0 Å². The summed E-state index contributed by atoms with van der Waals surface area (Å²) in [6, 6.07) is 0.518. The van der Waals surface area contributed by atoms with Crippen molar-refractivity contribution < 1.29 is 9.59 Å². The van der Waals surface area contributed by atoms with E-state index in [1.165, 1.54) is 24.3 Å². The average molecular weight is 515 g/mol. The smallest absolute Gasteiger partial charge is 0.233 e. The summed E-state index contributed by atoms with van der Waals surface area (Å²) >= 11 is 0. The lowest BCUT2D eigenvalue weighted by Crippen LogP contribution is -2.44. The summed E-state index contributed by atoms with van der Waals surface area (Å²) < 4.78 is 0. The van der Waals surface area contributed by atoms with E-state index in [2.05, 4.69) is 34.6 Å². The highest BCUT2D eigenvalue weighted by molar-refractivity contribution is 14.0. The number of amides is 2.